The number of hydrogen-bond donors (Lipinski definition) is 2. The maximum atomic E-state index is 11.5. The average molecular weight is 782 g/mol. The van der Waals surface area contributed by atoms with Crippen LogP contribution in [-0.2, 0) is 22.7 Å². The average Bonchev–Trinajstić information content (AvgIpc) is 3.50. The largest absolute Gasteiger partial charge is 0.481 e. The van der Waals surface area contributed by atoms with E-state index in [0.29, 0.717) is 46.0 Å². The Bertz CT molecular complexity index is 1720. The molecule has 0 saturated heterocycles. The number of halogens is 4. The molecule has 8 nitrogen and oxygen atoms in total. The molecule has 3 aromatic rings. The van der Waals surface area contributed by atoms with Crippen LogP contribution in [0.1, 0.15) is 110 Å². The predicted octanol–water partition coefficient (Wildman–Crippen LogP) is 11.4. The van der Waals surface area contributed by atoms with Crippen LogP contribution >= 0.6 is 46.4 Å². The van der Waals surface area contributed by atoms with Gasteiger partial charge in [0.15, 0.2) is 11.0 Å². The topological polar surface area (TPSA) is 89.9 Å². The molecule has 0 amide bonds. The third-order valence-corrected chi connectivity index (χ3v) is 10.8. The van der Waals surface area contributed by atoms with Crippen LogP contribution in [0.5, 0.6) is 0 Å². The third-order valence-electron chi connectivity index (χ3n) is 9.31. The number of fused-ring (bicyclic) bond motifs is 2. The van der Waals surface area contributed by atoms with E-state index in [9.17, 15) is 19.8 Å². The van der Waals surface area contributed by atoms with Crippen molar-refractivity contribution in [1.82, 2.24) is 4.57 Å². The number of aryl methyl sites for hydroxylation is 2. The molecule has 0 radical (unpaired) electrons. The normalized spacial score (nSPS) is 13.7. The summed E-state index contributed by atoms with van der Waals surface area (Å²) in [6.07, 6.45) is 18.4. The van der Waals surface area contributed by atoms with Gasteiger partial charge in [0.05, 0.1) is 44.6 Å². The maximum Gasteiger partial charge on any atom is 0.303 e. The summed E-state index contributed by atoms with van der Waals surface area (Å²) in [6.45, 7) is 6.94. The van der Waals surface area contributed by atoms with Crippen LogP contribution < -0.4 is 14.4 Å². The minimum Gasteiger partial charge on any atom is -0.481 e. The highest BCUT2D eigenvalue weighted by Gasteiger charge is 2.32. The second-order valence-electron chi connectivity index (χ2n) is 13.2. The van der Waals surface area contributed by atoms with E-state index in [1.54, 1.807) is 0 Å². The molecule has 0 atom stereocenters. The molecule has 2 aromatic carbocycles. The van der Waals surface area contributed by atoms with Crippen molar-refractivity contribution in [2.24, 2.45) is 0 Å². The summed E-state index contributed by atoms with van der Waals surface area (Å²) >= 11 is 26.2. The number of carbonyl (C=O) groups is 2. The number of rotatable bonds is 22. The lowest BCUT2D eigenvalue weighted by atomic mass is 10.1. The van der Waals surface area contributed by atoms with Gasteiger partial charge in [-0.05, 0) is 50.3 Å². The van der Waals surface area contributed by atoms with Crippen molar-refractivity contribution in [2.75, 3.05) is 22.9 Å². The number of aromatic nitrogens is 2. The quantitative estimate of drug-likeness (QED) is 0.0779. The second kappa shape index (κ2) is 20.4. The van der Waals surface area contributed by atoms with E-state index in [1.807, 2.05) is 30.3 Å². The van der Waals surface area contributed by atoms with Gasteiger partial charge in [0.2, 0.25) is 0 Å². The lowest BCUT2D eigenvalue weighted by Crippen LogP contribution is -2.37. The molecule has 1 aliphatic heterocycles. The molecule has 12 heteroatoms. The SMILES string of the molecule is CCCCCCCN1C(=CC=Cc2n(CCCCCCC)c3cc(Cl)c(Cl)cc3[n+]2CCCC(=O)O)N(CCCC(=O)O)c2cc(Cl)c(Cl)cc21. The van der Waals surface area contributed by atoms with Gasteiger partial charge >= 0.3 is 11.9 Å². The fourth-order valence-electron chi connectivity index (χ4n) is 6.75. The Kier molecular flexibility index (Phi) is 16.3. The Morgan fingerprint density at radius 1 is 0.667 bits per heavy atom. The Labute approximate surface area is 322 Å². The van der Waals surface area contributed by atoms with Crippen LogP contribution in [0.4, 0.5) is 11.4 Å². The summed E-state index contributed by atoms with van der Waals surface area (Å²) in [5.74, 6) is 0.173. The first-order valence-electron chi connectivity index (χ1n) is 18.3. The number of carboxylic acid groups (broad SMARTS) is 2. The van der Waals surface area contributed by atoms with Gasteiger partial charge in [0.25, 0.3) is 5.82 Å². The van der Waals surface area contributed by atoms with Gasteiger partial charge in [-0.2, -0.15) is 0 Å². The van der Waals surface area contributed by atoms with E-state index in [-0.39, 0.29) is 12.8 Å². The molecule has 51 heavy (non-hydrogen) atoms. The van der Waals surface area contributed by atoms with E-state index in [0.717, 1.165) is 85.7 Å². The summed E-state index contributed by atoms with van der Waals surface area (Å²) < 4.78 is 4.40. The van der Waals surface area contributed by atoms with Gasteiger partial charge < -0.3 is 20.0 Å². The first-order chi connectivity index (χ1) is 24.6. The van der Waals surface area contributed by atoms with Gasteiger partial charge in [0.1, 0.15) is 5.82 Å². The van der Waals surface area contributed by atoms with Gasteiger partial charge in [-0.15, -0.1) is 0 Å². The zero-order chi connectivity index (χ0) is 36.9. The van der Waals surface area contributed by atoms with E-state index in [2.05, 4.69) is 44.9 Å². The Morgan fingerprint density at radius 3 is 1.76 bits per heavy atom. The highest BCUT2D eigenvalue weighted by Crippen LogP contribution is 2.46. The minimum absolute atomic E-state index is 0.0487. The summed E-state index contributed by atoms with van der Waals surface area (Å²) in [4.78, 5) is 27.4. The van der Waals surface area contributed by atoms with Crippen molar-refractivity contribution >= 4 is 86.8 Å². The zero-order valence-corrected chi connectivity index (χ0v) is 32.8. The lowest BCUT2D eigenvalue weighted by molar-refractivity contribution is -0.674. The van der Waals surface area contributed by atoms with E-state index < -0.39 is 11.9 Å². The molecular weight excluding hydrogens is 730 g/mol. The van der Waals surface area contributed by atoms with E-state index in [1.165, 1.54) is 25.7 Å². The number of benzene rings is 2. The molecule has 1 aromatic heterocycles. The van der Waals surface area contributed by atoms with Crippen molar-refractivity contribution in [3.8, 4) is 0 Å². The van der Waals surface area contributed by atoms with E-state index >= 15 is 0 Å². The summed E-state index contributed by atoms with van der Waals surface area (Å²) in [6, 6.07) is 7.55. The number of unbranched alkanes of at least 4 members (excludes halogenated alkanes) is 8. The highest BCUT2D eigenvalue weighted by atomic mass is 35.5. The molecule has 0 spiro atoms. The number of imidazole rings is 1. The van der Waals surface area contributed by atoms with Crippen LogP contribution in [0.3, 0.4) is 0 Å². The standard InChI is InChI=1S/C39H50Cl4N4O4/c1-3-5-7-9-11-20-44-32-24-28(40)30(42)26-34(32)46(22-14-18-38(48)49)36(44)16-13-17-37-45(21-12-10-8-6-4-2)33-25-29(41)31(43)27-35(33)47(37)23-15-19-39(50)51/h13,16-17,24-27H,3-12,14-15,18-23H2,1-2H3,(H-,48,49,50,51)/p+1. The predicted molar refractivity (Wildman–Crippen MR) is 212 cm³/mol. The smallest absolute Gasteiger partial charge is 0.303 e. The number of hydrogen-bond acceptors (Lipinski definition) is 4. The molecule has 0 saturated carbocycles. The molecule has 0 fully saturated rings. The third kappa shape index (κ3) is 11.0. The molecule has 0 aliphatic carbocycles. The van der Waals surface area contributed by atoms with Crippen molar-refractivity contribution in [1.29, 1.82) is 0 Å². The van der Waals surface area contributed by atoms with Crippen LogP contribution in [0, 0.1) is 0 Å². The molecule has 278 valence electrons. The second-order valence-corrected chi connectivity index (χ2v) is 14.8. The van der Waals surface area contributed by atoms with Crippen molar-refractivity contribution < 1.29 is 24.4 Å². The fourth-order valence-corrected chi connectivity index (χ4v) is 7.38. The van der Waals surface area contributed by atoms with Crippen molar-refractivity contribution in [2.45, 2.75) is 117 Å². The van der Waals surface area contributed by atoms with Crippen LogP contribution in [0.25, 0.3) is 17.1 Å². The van der Waals surface area contributed by atoms with Crippen LogP contribution in [0.15, 0.2) is 42.2 Å². The number of anilines is 2. The Hall–Kier alpha value is -2.91. The van der Waals surface area contributed by atoms with Crippen molar-refractivity contribution in [3.63, 3.8) is 0 Å². The van der Waals surface area contributed by atoms with Crippen LogP contribution in [0.2, 0.25) is 20.1 Å². The molecule has 0 bridgehead atoms. The van der Waals surface area contributed by atoms with Gasteiger partial charge in [-0.1, -0.05) is 111 Å². The Morgan fingerprint density at radius 2 is 1.18 bits per heavy atom. The number of aliphatic carboxylic acids is 2. The van der Waals surface area contributed by atoms with E-state index in [4.69, 9.17) is 46.4 Å². The zero-order valence-electron chi connectivity index (χ0n) is 29.8. The van der Waals surface area contributed by atoms with Gasteiger partial charge in [-0.25, -0.2) is 9.13 Å². The van der Waals surface area contributed by atoms with Gasteiger partial charge in [0, 0.05) is 44.1 Å². The lowest BCUT2D eigenvalue weighted by Gasteiger charge is -2.25. The number of carboxylic acids is 2. The fraction of sp³-hybridized carbons (Fsp3) is 0.513. The molecular formula is C39H51Cl4N4O4+. The van der Waals surface area contributed by atoms with Crippen molar-refractivity contribution in [3.05, 3.63) is 68.2 Å². The summed E-state index contributed by atoms with van der Waals surface area (Å²) in [5, 5.41) is 20.7. The molecule has 0 unspecified atom stereocenters. The first kappa shape index (κ1) is 40.9. The van der Waals surface area contributed by atoms with Gasteiger partial charge in [-0.3, -0.25) is 9.59 Å². The maximum absolute atomic E-state index is 11.5. The number of allylic oxidation sites excluding steroid dienone is 2. The molecule has 4 rings (SSSR count). The molecule has 2 heterocycles. The monoisotopic (exact) mass is 779 g/mol. The Balaban J connectivity index is 1.81. The minimum atomic E-state index is -0.836. The summed E-state index contributed by atoms with van der Waals surface area (Å²) in [7, 11) is 0. The van der Waals surface area contributed by atoms with Crippen LogP contribution in [-0.4, -0.2) is 39.8 Å². The highest BCUT2D eigenvalue weighted by molar-refractivity contribution is 6.43. The summed E-state index contributed by atoms with van der Waals surface area (Å²) in [5.41, 5.74) is 3.70. The number of nitrogens with zero attached hydrogens (tertiary/aromatic N) is 4. The molecule has 2 N–H and O–H groups in total. The molecule has 1 aliphatic rings. The first-order valence-corrected chi connectivity index (χ1v) is 19.9.